The van der Waals surface area contributed by atoms with Gasteiger partial charge in [-0.15, -0.1) is 0 Å². The summed E-state index contributed by atoms with van der Waals surface area (Å²) in [5.74, 6) is -0.563. The van der Waals surface area contributed by atoms with Crippen LogP contribution in [0.2, 0.25) is 5.02 Å². The number of ether oxygens (including phenoxy) is 2. The number of fused-ring (bicyclic) bond motifs is 1. The Hall–Kier alpha value is -3.06. The molecule has 41 heavy (non-hydrogen) atoms. The van der Waals surface area contributed by atoms with Crippen molar-refractivity contribution in [2.45, 2.75) is 63.9 Å². The molecule has 1 saturated heterocycles. The average Bonchev–Trinajstić information content (AvgIpc) is 3.13. The van der Waals surface area contributed by atoms with Gasteiger partial charge in [0.25, 0.3) is 5.56 Å². The molecule has 0 aliphatic carbocycles. The molecule has 1 aliphatic rings. The van der Waals surface area contributed by atoms with Gasteiger partial charge in [0.15, 0.2) is 11.9 Å². The molecule has 1 aliphatic heterocycles. The summed E-state index contributed by atoms with van der Waals surface area (Å²) in [6.45, 7) is 5.00. The number of benzene rings is 2. The van der Waals surface area contributed by atoms with Crippen LogP contribution in [-0.2, 0) is 23.4 Å². The third kappa shape index (κ3) is 6.72. The van der Waals surface area contributed by atoms with Crippen LogP contribution in [0.25, 0.3) is 10.8 Å². The van der Waals surface area contributed by atoms with Crippen LogP contribution in [0.4, 0.5) is 4.39 Å². The number of nitrogens with zero attached hydrogens (tertiary/aromatic N) is 1. The third-order valence-corrected chi connectivity index (χ3v) is 8.23. The number of nitrogens with one attached hydrogen (secondary N) is 2. The number of H-pyrrole nitrogens is 1. The van der Waals surface area contributed by atoms with Gasteiger partial charge in [0.2, 0.25) is 0 Å². The van der Waals surface area contributed by atoms with Crippen LogP contribution in [0, 0.1) is 0 Å². The van der Waals surface area contributed by atoms with Crippen molar-refractivity contribution in [1.82, 2.24) is 14.6 Å². The van der Waals surface area contributed by atoms with Crippen LogP contribution >= 0.6 is 19.3 Å². The molecule has 0 bridgehead atoms. The fourth-order valence-electron chi connectivity index (χ4n) is 4.28. The van der Waals surface area contributed by atoms with Gasteiger partial charge in [-0.05, 0) is 39.1 Å². The minimum Gasteiger partial charge on any atom is -0.462 e. The number of aromatic nitrogens is 2. The SMILES string of the molecule is CC(C)OC(=O)[C@@H](C)N[P@](=O)(OC[C@H]1O[C@@H](n2cc(Cl)c(=O)[nH]c2=O)[C@](C)(F)[C@@H]1O)Oc1cccc2ccccc12. The molecule has 4 rings (SSSR count). The number of hydrogen-bond donors (Lipinski definition) is 3. The summed E-state index contributed by atoms with van der Waals surface area (Å²) >= 11 is 5.81. The lowest BCUT2D eigenvalue weighted by molar-refractivity contribution is -0.149. The van der Waals surface area contributed by atoms with E-state index in [0.29, 0.717) is 9.95 Å². The van der Waals surface area contributed by atoms with Crippen molar-refractivity contribution in [2.24, 2.45) is 0 Å². The molecule has 0 unspecified atom stereocenters. The molecule has 2 aromatic carbocycles. The van der Waals surface area contributed by atoms with Gasteiger partial charge in [-0.2, -0.15) is 5.09 Å². The van der Waals surface area contributed by atoms with Crippen molar-refractivity contribution in [3.05, 3.63) is 74.5 Å². The number of aliphatic hydroxyl groups excluding tert-OH is 1. The molecule has 1 aromatic heterocycles. The first kappa shape index (κ1) is 30.9. The molecular formula is C26H30ClFN3O9P. The zero-order chi connectivity index (χ0) is 30.1. The first-order chi connectivity index (χ1) is 19.2. The highest BCUT2D eigenvalue weighted by molar-refractivity contribution is 7.52. The molecule has 0 amide bonds. The summed E-state index contributed by atoms with van der Waals surface area (Å²) in [7, 11) is -4.44. The second-order valence-corrected chi connectivity index (χ2v) is 12.1. The number of hydrogen-bond acceptors (Lipinski definition) is 9. The molecule has 1 fully saturated rings. The van der Waals surface area contributed by atoms with Crippen molar-refractivity contribution in [3.8, 4) is 5.75 Å². The summed E-state index contributed by atoms with van der Waals surface area (Å²) in [4.78, 5) is 38.4. The predicted octanol–water partition coefficient (Wildman–Crippen LogP) is 3.46. The van der Waals surface area contributed by atoms with Gasteiger partial charge in [-0.25, -0.2) is 13.8 Å². The second-order valence-electron chi connectivity index (χ2n) is 9.96. The Bertz CT molecular complexity index is 1590. The van der Waals surface area contributed by atoms with Crippen molar-refractivity contribution in [2.75, 3.05) is 6.61 Å². The van der Waals surface area contributed by atoms with Crippen LogP contribution < -0.4 is 20.9 Å². The largest absolute Gasteiger partial charge is 0.462 e. The van der Waals surface area contributed by atoms with E-state index in [9.17, 15) is 24.1 Å². The monoisotopic (exact) mass is 613 g/mol. The second kappa shape index (κ2) is 12.0. The van der Waals surface area contributed by atoms with Gasteiger partial charge < -0.3 is 19.1 Å². The standard InChI is InChI=1S/C26H30ClFN3O9P/c1-14(2)38-23(34)15(3)30-41(36,40-19-11-7-9-16-8-5-6-10-17(16)19)37-13-20-21(32)26(4,28)24(39-20)31-12-18(27)22(33)29-25(31)35/h5-12,14-15,20-21,24,32H,13H2,1-4H3,(H,30,36)(H,29,33,35)/t15-,20-,21-,24-,26-,41+/m1/s1. The Balaban J connectivity index is 1.61. The van der Waals surface area contributed by atoms with Crippen LogP contribution in [0.1, 0.15) is 33.9 Å². The van der Waals surface area contributed by atoms with Crippen molar-refractivity contribution in [3.63, 3.8) is 0 Å². The number of carbonyl (C=O) groups is 1. The summed E-state index contributed by atoms with van der Waals surface area (Å²) in [5, 5.41) is 14.2. The highest BCUT2D eigenvalue weighted by Gasteiger charge is 2.56. The van der Waals surface area contributed by atoms with Crippen molar-refractivity contribution < 1.29 is 37.4 Å². The average molecular weight is 614 g/mol. The number of halogens is 2. The Labute approximate surface area is 238 Å². The Morgan fingerprint density at radius 1 is 1.24 bits per heavy atom. The fraction of sp³-hybridized carbons (Fsp3) is 0.423. The Kier molecular flexibility index (Phi) is 9.07. The summed E-state index contributed by atoms with van der Waals surface area (Å²) in [6, 6.07) is 11.0. The molecular weight excluding hydrogens is 584 g/mol. The maximum Gasteiger partial charge on any atom is 0.459 e. The highest BCUT2D eigenvalue weighted by Crippen LogP contribution is 2.48. The molecule has 6 atom stereocenters. The van der Waals surface area contributed by atoms with Gasteiger partial charge in [0, 0.05) is 11.6 Å². The van der Waals surface area contributed by atoms with Gasteiger partial charge in [0.1, 0.15) is 29.0 Å². The number of alkyl halides is 1. The van der Waals surface area contributed by atoms with Gasteiger partial charge in [-0.1, -0.05) is 48.0 Å². The van der Waals surface area contributed by atoms with E-state index < -0.39 is 72.8 Å². The van der Waals surface area contributed by atoms with Crippen molar-refractivity contribution >= 4 is 36.1 Å². The number of esters is 1. The lowest BCUT2D eigenvalue weighted by atomic mass is 9.98. The topological polar surface area (TPSA) is 158 Å². The summed E-state index contributed by atoms with van der Waals surface area (Å²) in [5.41, 5.74) is -4.47. The maximum atomic E-state index is 15.7. The van der Waals surface area contributed by atoms with E-state index in [2.05, 4.69) is 5.09 Å². The first-order valence-electron chi connectivity index (χ1n) is 12.7. The van der Waals surface area contributed by atoms with Gasteiger partial charge >= 0.3 is 19.4 Å². The normalized spacial score (nSPS) is 24.7. The summed E-state index contributed by atoms with van der Waals surface area (Å²) in [6.07, 6.45) is -4.62. The fourth-order valence-corrected chi connectivity index (χ4v) is 5.95. The number of carbonyl (C=O) groups excluding carboxylic acids is 1. The quantitative estimate of drug-likeness (QED) is 0.228. The lowest BCUT2D eigenvalue weighted by Crippen LogP contribution is -2.44. The minimum absolute atomic E-state index is 0.166. The smallest absolute Gasteiger partial charge is 0.459 e. The van der Waals surface area contributed by atoms with E-state index in [1.165, 1.54) is 6.92 Å². The van der Waals surface area contributed by atoms with E-state index in [0.717, 1.165) is 18.5 Å². The molecule has 3 aromatic rings. The Morgan fingerprint density at radius 2 is 1.93 bits per heavy atom. The lowest BCUT2D eigenvalue weighted by Gasteiger charge is -2.26. The molecule has 0 spiro atoms. The van der Waals surface area contributed by atoms with Gasteiger partial charge in [0.05, 0.1) is 12.7 Å². The molecule has 0 saturated carbocycles. The van der Waals surface area contributed by atoms with E-state index in [1.807, 2.05) is 23.2 Å². The third-order valence-electron chi connectivity index (χ3n) is 6.33. The van der Waals surface area contributed by atoms with E-state index in [1.54, 1.807) is 38.1 Å². The van der Waals surface area contributed by atoms with Crippen LogP contribution in [0.15, 0.2) is 58.3 Å². The van der Waals surface area contributed by atoms with Crippen molar-refractivity contribution in [1.29, 1.82) is 0 Å². The predicted molar refractivity (Wildman–Crippen MR) is 148 cm³/mol. The Morgan fingerprint density at radius 3 is 2.63 bits per heavy atom. The summed E-state index contributed by atoms with van der Waals surface area (Å²) < 4.78 is 52.6. The minimum atomic E-state index is -4.44. The molecule has 2 heterocycles. The first-order valence-corrected chi connectivity index (χ1v) is 14.6. The maximum absolute atomic E-state index is 15.7. The van der Waals surface area contributed by atoms with Crippen LogP contribution in [-0.4, -0.2) is 57.3 Å². The van der Waals surface area contributed by atoms with Gasteiger partial charge in [-0.3, -0.25) is 23.7 Å². The molecule has 3 N–H and O–H groups in total. The zero-order valence-electron chi connectivity index (χ0n) is 22.6. The van der Waals surface area contributed by atoms with Crippen LogP contribution in [0.3, 0.4) is 0 Å². The molecule has 15 heteroatoms. The van der Waals surface area contributed by atoms with E-state index >= 15 is 4.39 Å². The van der Waals surface area contributed by atoms with E-state index in [4.69, 9.17) is 30.1 Å². The van der Waals surface area contributed by atoms with Crippen LogP contribution in [0.5, 0.6) is 5.75 Å². The number of aliphatic hydroxyl groups is 1. The molecule has 222 valence electrons. The number of aromatic amines is 1. The zero-order valence-corrected chi connectivity index (χ0v) is 24.2. The molecule has 12 nitrogen and oxygen atoms in total. The van der Waals surface area contributed by atoms with E-state index in [-0.39, 0.29) is 5.75 Å². The number of rotatable bonds is 10. The molecule has 0 radical (unpaired) electrons. The highest BCUT2D eigenvalue weighted by atomic mass is 35.5.